The third-order valence-corrected chi connectivity index (χ3v) is 5.58. The Morgan fingerprint density at radius 1 is 1.38 bits per heavy atom. The average Bonchev–Trinajstić information content (AvgIpc) is 2.39. The van der Waals surface area contributed by atoms with Crippen LogP contribution in [0.5, 0.6) is 0 Å². The van der Waals surface area contributed by atoms with Crippen molar-refractivity contribution in [2.75, 3.05) is 7.05 Å². The van der Waals surface area contributed by atoms with Crippen molar-refractivity contribution in [2.24, 2.45) is 0 Å². The van der Waals surface area contributed by atoms with Gasteiger partial charge in [0.15, 0.2) is 0 Å². The van der Waals surface area contributed by atoms with Gasteiger partial charge < -0.3 is 0 Å². The number of hydrogen-bond donors (Lipinski definition) is 1. The largest absolute Gasteiger partial charge is 0.284 e. The summed E-state index contributed by atoms with van der Waals surface area (Å²) in [7, 11) is -2.61. The highest BCUT2D eigenvalue weighted by molar-refractivity contribution is 9.10. The fraction of sp³-hybridized carbons (Fsp3) is 0.333. The molecule has 1 N–H and O–H groups in total. The lowest BCUT2D eigenvalue weighted by atomic mass is 10.1. The van der Waals surface area contributed by atoms with E-state index in [1.54, 1.807) is 6.07 Å². The van der Waals surface area contributed by atoms with E-state index in [2.05, 4.69) is 20.7 Å². The molecule has 0 radical (unpaired) electrons. The number of sulfonamides is 1. The van der Waals surface area contributed by atoms with Gasteiger partial charge in [-0.3, -0.25) is 14.5 Å². The SMILES string of the molecule is CN1C(=O)CCC(NS(=O)(=O)c2ccc(Br)cc2Cl)C1=O. The molecule has 2 amide bonds. The fourth-order valence-corrected chi connectivity index (χ4v) is 4.23. The van der Waals surface area contributed by atoms with Gasteiger partial charge in [0.2, 0.25) is 21.8 Å². The lowest BCUT2D eigenvalue weighted by Gasteiger charge is -2.28. The Morgan fingerprint density at radius 3 is 2.67 bits per heavy atom. The molecule has 1 fully saturated rings. The molecular formula is C12H12BrClN2O4S. The van der Waals surface area contributed by atoms with E-state index < -0.39 is 22.0 Å². The highest BCUT2D eigenvalue weighted by atomic mass is 79.9. The van der Waals surface area contributed by atoms with Crippen LogP contribution in [0.1, 0.15) is 12.8 Å². The van der Waals surface area contributed by atoms with Crippen LogP contribution in [0.2, 0.25) is 5.02 Å². The van der Waals surface area contributed by atoms with Gasteiger partial charge in [0.25, 0.3) is 0 Å². The molecule has 0 bridgehead atoms. The maximum Gasteiger partial charge on any atom is 0.247 e. The molecule has 1 atom stereocenters. The zero-order valence-corrected chi connectivity index (χ0v) is 14.1. The van der Waals surface area contributed by atoms with Gasteiger partial charge in [-0.15, -0.1) is 0 Å². The van der Waals surface area contributed by atoms with Gasteiger partial charge in [0.1, 0.15) is 10.9 Å². The number of rotatable bonds is 3. The fourth-order valence-electron chi connectivity index (χ4n) is 1.97. The Morgan fingerprint density at radius 2 is 2.05 bits per heavy atom. The highest BCUT2D eigenvalue weighted by Gasteiger charge is 2.35. The number of benzene rings is 1. The van der Waals surface area contributed by atoms with E-state index in [9.17, 15) is 18.0 Å². The molecule has 21 heavy (non-hydrogen) atoms. The minimum atomic E-state index is -3.94. The summed E-state index contributed by atoms with van der Waals surface area (Å²) >= 11 is 9.11. The molecule has 1 aliphatic rings. The Labute approximate surface area is 135 Å². The standard InChI is InChI=1S/C12H12BrClN2O4S/c1-16-11(17)5-3-9(12(16)18)15-21(19,20)10-4-2-7(13)6-8(10)14/h2,4,6,9,15H,3,5H2,1H3. The van der Waals surface area contributed by atoms with E-state index >= 15 is 0 Å². The van der Waals surface area contributed by atoms with Crippen molar-refractivity contribution in [3.05, 3.63) is 27.7 Å². The summed E-state index contributed by atoms with van der Waals surface area (Å²) in [6.07, 6.45) is 0.249. The number of imide groups is 1. The normalized spacial score (nSPS) is 20.0. The van der Waals surface area contributed by atoms with Gasteiger partial charge in [-0.05, 0) is 24.6 Å². The van der Waals surface area contributed by atoms with E-state index in [1.165, 1.54) is 19.2 Å². The van der Waals surface area contributed by atoms with Crippen LogP contribution < -0.4 is 4.72 Å². The molecule has 0 aromatic heterocycles. The number of likely N-dealkylation sites (N-methyl/N-ethyl adjacent to an activating group) is 1. The van der Waals surface area contributed by atoms with Crippen molar-refractivity contribution in [3.63, 3.8) is 0 Å². The minimum absolute atomic E-state index is 0.0459. The predicted octanol–water partition coefficient (Wildman–Crippen LogP) is 1.53. The number of carbonyl (C=O) groups excluding carboxylic acids is 2. The van der Waals surface area contributed by atoms with E-state index in [0.717, 1.165) is 4.90 Å². The summed E-state index contributed by atoms with van der Waals surface area (Å²) in [6.45, 7) is 0. The van der Waals surface area contributed by atoms with E-state index in [1.807, 2.05) is 0 Å². The Bertz CT molecular complexity index is 707. The summed E-state index contributed by atoms with van der Waals surface area (Å²) in [5, 5.41) is 0.0459. The van der Waals surface area contributed by atoms with Crippen molar-refractivity contribution < 1.29 is 18.0 Å². The van der Waals surface area contributed by atoms with Crippen molar-refractivity contribution in [2.45, 2.75) is 23.8 Å². The van der Waals surface area contributed by atoms with Crippen LogP contribution in [0, 0.1) is 0 Å². The molecule has 0 saturated carbocycles. The Balaban J connectivity index is 2.25. The number of likely N-dealkylation sites (tertiary alicyclic amines) is 1. The van der Waals surface area contributed by atoms with Crippen molar-refractivity contribution in [1.82, 2.24) is 9.62 Å². The van der Waals surface area contributed by atoms with Gasteiger partial charge in [-0.25, -0.2) is 8.42 Å². The number of nitrogens with zero attached hydrogens (tertiary/aromatic N) is 1. The third-order valence-electron chi connectivity index (χ3n) is 3.13. The second kappa shape index (κ2) is 6.04. The van der Waals surface area contributed by atoms with Crippen LogP contribution in [0.15, 0.2) is 27.6 Å². The number of nitrogens with one attached hydrogen (secondary N) is 1. The first-order valence-electron chi connectivity index (χ1n) is 6.00. The molecular weight excluding hydrogens is 384 g/mol. The number of carbonyl (C=O) groups is 2. The van der Waals surface area contributed by atoms with Gasteiger partial charge in [-0.1, -0.05) is 27.5 Å². The van der Waals surface area contributed by atoms with E-state index in [4.69, 9.17) is 11.6 Å². The second-order valence-electron chi connectivity index (χ2n) is 4.58. The Hall–Kier alpha value is -0.960. The Kier molecular flexibility index (Phi) is 4.72. The first-order valence-corrected chi connectivity index (χ1v) is 8.65. The molecule has 0 spiro atoms. The number of piperidine rings is 1. The van der Waals surface area contributed by atoms with Crippen molar-refractivity contribution >= 4 is 49.4 Å². The van der Waals surface area contributed by atoms with Gasteiger partial charge in [0.05, 0.1) is 5.02 Å². The first-order chi connectivity index (χ1) is 9.72. The third kappa shape index (κ3) is 3.45. The molecule has 1 aromatic carbocycles. The topological polar surface area (TPSA) is 83.6 Å². The molecule has 1 saturated heterocycles. The van der Waals surface area contributed by atoms with E-state index in [-0.39, 0.29) is 28.7 Å². The van der Waals surface area contributed by atoms with Gasteiger partial charge >= 0.3 is 0 Å². The monoisotopic (exact) mass is 394 g/mol. The van der Waals surface area contributed by atoms with Gasteiger partial charge in [-0.2, -0.15) is 4.72 Å². The average molecular weight is 396 g/mol. The number of hydrogen-bond acceptors (Lipinski definition) is 4. The smallest absolute Gasteiger partial charge is 0.247 e. The highest BCUT2D eigenvalue weighted by Crippen LogP contribution is 2.26. The maximum absolute atomic E-state index is 12.3. The van der Waals surface area contributed by atoms with Crippen molar-refractivity contribution in [3.8, 4) is 0 Å². The van der Waals surface area contributed by atoms with E-state index in [0.29, 0.717) is 4.47 Å². The molecule has 6 nitrogen and oxygen atoms in total. The number of halogens is 2. The quantitative estimate of drug-likeness (QED) is 0.787. The molecule has 114 valence electrons. The molecule has 2 rings (SSSR count). The summed E-state index contributed by atoms with van der Waals surface area (Å²) in [4.78, 5) is 24.1. The minimum Gasteiger partial charge on any atom is -0.284 e. The van der Waals surface area contributed by atoms with Crippen LogP contribution in [0.3, 0.4) is 0 Å². The summed E-state index contributed by atoms with van der Waals surface area (Å²) < 4.78 is 27.5. The molecule has 9 heteroatoms. The lowest BCUT2D eigenvalue weighted by molar-refractivity contribution is -0.147. The van der Waals surface area contributed by atoms with Crippen LogP contribution in [-0.4, -0.2) is 38.2 Å². The first kappa shape index (κ1) is 16.4. The molecule has 1 unspecified atom stereocenters. The van der Waals surface area contributed by atoms with Gasteiger partial charge in [0, 0.05) is 17.9 Å². The maximum atomic E-state index is 12.3. The van der Waals surface area contributed by atoms with Crippen LogP contribution >= 0.6 is 27.5 Å². The zero-order valence-electron chi connectivity index (χ0n) is 11.0. The number of amides is 2. The molecule has 1 aliphatic heterocycles. The summed E-state index contributed by atoms with van der Waals surface area (Å²) in [6, 6.07) is 3.38. The summed E-state index contributed by atoms with van der Waals surface area (Å²) in [5.74, 6) is -0.889. The van der Waals surface area contributed by atoms with Crippen molar-refractivity contribution in [1.29, 1.82) is 0 Å². The van der Waals surface area contributed by atoms with Crippen LogP contribution in [0.4, 0.5) is 0 Å². The predicted molar refractivity (Wildman–Crippen MR) is 80.3 cm³/mol. The molecule has 1 heterocycles. The summed E-state index contributed by atoms with van der Waals surface area (Å²) in [5.41, 5.74) is 0. The molecule has 1 aromatic rings. The van der Waals surface area contributed by atoms with Crippen LogP contribution in [0.25, 0.3) is 0 Å². The second-order valence-corrected chi connectivity index (χ2v) is 7.58. The molecule has 0 aliphatic carbocycles. The van der Waals surface area contributed by atoms with Crippen LogP contribution in [-0.2, 0) is 19.6 Å². The lowest BCUT2D eigenvalue weighted by Crippen LogP contribution is -2.52. The zero-order chi connectivity index (χ0) is 15.8.